The van der Waals surface area contributed by atoms with Crippen LogP contribution in [0.3, 0.4) is 0 Å². The fraction of sp³-hybridized carbons (Fsp3) is 0.650. The third-order valence-electron chi connectivity index (χ3n) is 6.15. The average Bonchev–Trinajstić information content (AvgIpc) is 2.89. The molecule has 0 N–H and O–H groups in total. The van der Waals surface area contributed by atoms with E-state index in [4.69, 9.17) is 13.3 Å². The van der Waals surface area contributed by atoms with Crippen molar-refractivity contribution in [2.45, 2.75) is 76.4 Å². The Bertz CT molecular complexity index is 836. The summed E-state index contributed by atoms with van der Waals surface area (Å²) in [4.78, 5) is 12.5. The van der Waals surface area contributed by atoms with E-state index in [9.17, 15) is 13.2 Å². The van der Waals surface area contributed by atoms with Crippen LogP contribution >= 0.6 is 0 Å². The van der Waals surface area contributed by atoms with Crippen LogP contribution in [0.5, 0.6) is 0 Å². The van der Waals surface area contributed by atoms with E-state index in [-0.39, 0.29) is 11.6 Å². The summed E-state index contributed by atoms with van der Waals surface area (Å²) in [5.74, 6) is 0. The zero-order valence-corrected chi connectivity index (χ0v) is 19.6. The largest absolute Gasteiger partial charge is 0.443 e. The lowest BCUT2D eigenvalue weighted by Gasteiger charge is -2.41. The molecule has 0 saturated carbocycles. The number of hydrogen-bond donors (Lipinski definition) is 0. The molecule has 3 atom stereocenters. The number of hydrogen-bond acceptors (Lipinski definition) is 6. The lowest BCUT2D eigenvalue weighted by atomic mass is 9.97. The number of aryl methyl sites for hydroxylation is 1. The number of carbonyl (C=O) groups is 1. The van der Waals surface area contributed by atoms with E-state index in [1.54, 1.807) is 0 Å². The third-order valence-corrected chi connectivity index (χ3v) is 12.0. The van der Waals surface area contributed by atoms with Crippen LogP contribution in [0.4, 0.5) is 4.79 Å². The predicted molar refractivity (Wildman–Crippen MR) is 112 cm³/mol. The van der Waals surface area contributed by atoms with Gasteiger partial charge in [-0.3, -0.25) is 4.18 Å². The van der Waals surface area contributed by atoms with Crippen molar-refractivity contribution < 1.29 is 26.6 Å². The van der Waals surface area contributed by atoms with E-state index in [1.807, 2.05) is 30.3 Å². The minimum absolute atomic E-state index is 0.00664. The minimum atomic E-state index is -4.19. The number of ether oxygens (including phenoxy) is 1. The van der Waals surface area contributed by atoms with E-state index >= 15 is 0 Å². The van der Waals surface area contributed by atoms with Crippen molar-refractivity contribution in [3.63, 3.8) is 0 Å². The summed E-state index contributed by atoms with van der Waals surface area (Å²) in [6.45, 7) is 10.6. The molecule has 162 valence electrons. The molecule has 0 aromatic heterocycles. The predicted octanol–water partition coefficient (Wildman–Crippen LogP) is 3.86. The van der Waals surface area contributed by atoms with Crippen molar-refractivity contribution >= 4 is 24.7 Å². The molecular weight excluding hydrogens is 410 g/mol. The van der Waals surface area contributed by atoms with Gasteiger partial charge in [0.1, 0.15) is 12.1 Å². The topological polar surface area (TPSA) is 82.1 Å². The summed E-state index contributed by atoms with van der Waals surface area (Å²) in [5, 5.41) is -0.0487. The molecule has 9 heteroatoms. The zero-order chi connectivity index (χ0) is 21.4. The van der Waals surface area contributed by atoms with Gasteiger partial charge in [-0.1, -0.05) is 51.1 Å². The maximum Gasteiger partial charge on any atom is 0.426 e. The van der Waals surface area contributed by atoms with Crippen LogP contribution in [-0.2, 0) is 30.1 Å². The van der Waals surface area contributed by atoms with E-state index in [0.717, 1.165) is 9.87 Å². The maximum atomic E-state index is 12.6. The Morgan fingerprint density at radius 3 is 2.48 bits per heavy atom. The van der Waals surface area contributed by atoms with Crippen molar-refractivity contribution in [2.75, 3.05) is 6.61 Å². The van der Waals surface area contributed by atoms with Gasteiger partial charge in [0.25, 0.3) is 0 Å². The fourth-order valence-electron chi connectivity index (χ4n) is 3.52. The zero-order valence-electron chi connectivity index (χ0n) is 17.8. The Kier molecular flexibility index (Phi) is 6.15. The highest BCUT2D eigenvalue weighted by Crippen LogP contribution is 2.41. The van der Waals surface area contributed by atoms with Crippen molar-refractivity contribution in [2.24, 2.45) is 0 Å². The summed E-state index contributed by atoms with van der Waals surface area (Å²) in [6, 6.07) is 9.15. The van der Waals surface area contributed by atoms with Crippen LogP contribution in [0, 0.1) is 0 Å². The summed E-state index contributed by atoms with van der Waals surface area (Å²) < 4.78 is 43.1. The van der Waals surface area contributed by atoms with Gasteiger partial charge in [0.05, 0.1) is 12.7 Å². The SMILES string of the molecule is CC(C)(C)[Si](C)(C)O[C@@H]1CCOS(=O)(=O)N2C(=O)O[C@H](CCc3ccccc3)[C@H]12. The summed E-state index contributed by atoms with van der Waals surface area (Å²) in [5.41, 5.74) is 1.11. The van der Waals surface area contributed by atoms with Gasteiger partial charge in [0, 0.05) is 0 Å². The molecular formula is C20H31NO6SSi. The monoisotopic (exact) mass is 441 g/mol. The van der Waals surface area contributed by atoms with Crippen LogP contribution < -0.4 is 0 Å². The van der Waals surface area contributed by atoms with Gasteiger partial charge < -0.3 is 9.16 Å². The number of fused-ring (bicyclic) bond motifs is 1. The first kappa shape index (κ1) is 22.3. The Morgan fingerprint density at radius 2 is 1.86 bits per heavy atom. The van der Waals surface area contributed by atoms with Crippen LogP contribution in [0.1, 0.15) is 39.2 Å². The number of cyclic esters (lactones) is 1. The Labute approximate surface area is 174 Å². The minimum Gasteiger partial charge on any atom is -0.443 e. The normalized spacial score (nSPS) is 27.3. The molecule has 2 aliphatic heterocycles. The first-order valence-corrected chi connectivity index (χ1v) is 14.3. The molecule has 2 fully saturated rings. The quantitative estimate of drug-likeness (QED) is 0.645. The molecule has 0 bridgehead atoms. The van der Waals surface area contributed by atoms with Crippen LogP contribution in [0.2, 0.25) is 18.1 Å². The number of nitrogens with zero attached hydrogens (tertiary/aromatic N) is 1. The molecule has 1 aromatic rings. The third kappa shape index (κ3) is 4.68. The highest BCUT2D eigenvalue weighted by Gasteiger charge is 2.55. The summed E-state index contributed by atoms with van der Waals surface area (Å²) >= 11 is 0. The molecule has 0 radical (unpaired) electrons. The van der Waals surface area contributed by atoms with Crippen LogP contribution in [0.25, 0.3) is 0 Å². The van der Waals surface area contributed by atoms with E-state index in [0.29, 0.717) is 19.3 Å². The Balaban J connectivity index is 1.89. The summed E-state index contributed by atoms with van der Waals surface area (Å²) in [6.07, 6.45) is -0.320. The second-order valence-electron chi connectivity index (χ2n) is 9.22. The second-order valence-corrected chi connectivity index (χ2v) is 15.5. The molecule has 2 aliphatic rings. The number of carbonyl (C=O) groups excluding carboxylic acids is 1. The van der Waals surface area contributed by atoms with E-state index in [1.165, 1.54) is 0 Å². The molecule has 2 heterocycles. The first-order valence-electron chi connectivity index (χ1n) is 10.0. The Hall–Kier alpha value is -1.42. The molecule has 7 nitrogen and oxygen atoms in total. The number of amides is 1. The van der Waals surface area contributed by atoms with E-state index < -0.39 is 43.0 Å². The second kappa shape index (κ2) is 8.01. The van der Waals surface area contributed by atoms with Crippen molar-refractivity contribution in [3.8, 4) is 0 Å². The Morgan fingerprint density at radius 1 is 1.21 bits per heavy atom. The van der Waals surface area contributed by atoms with Crippen LogP contribution in [-0.4, -0.2) is 52.0 Å². The maximum absolute atomic E-state index is 12.6. The number of rotatable bonds is 5. The molecule has 3 rings (SSSR count). The fourth-order valence-corrected chi connectivity index (χ4v) is 6.10. The molecule has 2 saturated heterocycles. The average molecular weight is 442 g/mol. The van der Waals surface area contributed by atoms with Crippen molar-refractivity contribution in [1.82, 2.24) is 4.31 Å². The van der Waals surface area contributed by atoms with Gasteiger partial charge in [0.15, 0.2) is 8.32 Å². The smallest absolute Gasteiger partial charge is 0.426 e. The number of benzene rings is 1. The van der Waals surface area contributed by atoms with Crippen LogP contribution in [0.15, 0.2) is 30.3 Å². The highest BCUT2D eigenvalue weighted by atomic mass is 32.2. The summed E-state index contributed by atoms with van der Waals surface area (Å²) in [7, 11) is -6.39. The standard InChI is InChI=1S/C20H31NO6SSi/c1-20(2,3)29(4,5)27-17-13-14-25-28(23,24)21-18(17)16(26-19(21)22)12-11-15-9-7-6-8-10-15/h6-10,16-18H,11-14H2,1-5H3/t16-,17-,18-/m1/s1. The highest BCUT2D eigenvalue weighted by molar-refractivity contribution is 7.84. The van der Waals surface area contributed by atoms with Crippen molar-refractivity contribution in [1.29, 1.82) is 0 Å². The first-order chi connectivity index (χ1) is 13.4. The van der Waals surface area contributed by atoms with Gasteiger partial charge in [-0.05, 0) is 43.0 Å². The van der Waals surface area contributed by atoms with Gasteiger partial charge in [0.2, 0.25) is 0 Å². The lowest BCUT2D eigenvalue weighted by molar-refractivity contribution is 0.0666. The van der Waals surface area contributed by atoms with E-state index in [2.05, 4.69) is 33.9 Å². The van der Waals surface area contributed by atoms with Gasteiger partial charge in [-0.2, -0.15) is 12.7 Å². The molecule has 1 aromatic carbocycles. The molecule has 0 spiro atoms. The van der Waals surface area contributed by atoms with Gasteiger partial charge in [-0.25, -0.2) is 4.79 Å². The lowest BCUT2D eigenvalue weighted by Crippen LogP contribution is -2.53. The molecule has 0 aliphatic carbocycles. The molecule has 29 heavy (non-hydrogen) atoms. The van der Waals surface area contributed by atoms with Gasteiger partial charge >= 0.3 is 16.4 Å². The molecule has 1 amide bonds. The molecule has 0 unspecified atom stereocenters. The van der Waals surface area contributed by atoms with Crippen molar-refractivity contribution in [3.05, 3.63) is 35.9 Å². The van der Waals surface area contributed by atoms with Gasteiger partial charge in [-0.15, -0.1) is 0 Å².